The number of allylic oxidation sites excluding steroid dienone is 1. The van der Waals surface area contributed by atoms with Crippen molar-refractivity contribution in [3.05, 3.63) is 83.4 Å². The highest BCUT2D eigenvalue weighted by Crippen LogP contribution is 2.34. The van der Waals surface area contributed by atoms with Gasteiger partial charge >= 0.3 is 0 Å². The molecular formula is C31H30FN5O4-2. The Morgan fingerprint density at radius 3 is 2.46 bits per heavy atom. The van der Waals surface area contributed by atoms with E-state index in [1.54, 1.807) is 59.6 Å². The van der Waals surface area contributed by atoms with Crippen molar-refractivity contribution in [2.24, 2.45) is 4.99 Å². The fourth-order valence-corrected chi connectivity index (χ4v) is 4.86. The van der Waals surface area contributed by atoms with Gasteiger partial charge in [0.15, 0.2) is 11.9 Å². The molecular weight excluding hydrogens is 525 g/mol. The molecule has 0 amide bonds. The Morgan fingerprint density at radius 2 is 1.83 bits per heavy atom. The molecule has 2 aromatic heterocycles. The maximum Gasteiger partial charge on any atom is 0.213 e. The van der Waals surface area contributed by atoms with E-state index in [0.29, 0.717) is 57.2 Å². The molecule has 212 valence electrons. The SMILES string of the molecule is CCCC1=NC(C)=C(c2ccc(OC(C)C)nc2)C([O-])N1Cc1ccc(-c2ccccc2-c2noc([O-])n2)cc1F. The van der Waals surface area contributed by atoms with Gasteiger partial charge in [-0.2, -0.15) is 5.16 Å². The van der Waals surface area contributed by atoms with Crippen molar-refractivity contribution in [3.63, 3.8) is 0 Å². The third-order valence-corrected chi connectivity index (χ3v) is 6.71. The monoisotopic (exact) mass is 555 g/mol. The molecule has 1 aliphatic heterocycles. The number of rotatable bonds is 9. The first-order chi connectivity index (χ1) is 19.7. The second-order valence-electron chi connectivity index (χ2n) is 10.0. The smallest absolute Gasteiger partial charge is 0.213 e. The summed E-state index contributed by atoms with van der Waals surface area (Å²) in [6.07, 6.45) is 0.870. The Morgan fingerprint density at radius 1 is 1.07 bits per heavy atom. The predicted molar refractivity (Wildman–Crippen MR) is 149 cm³/mol. The molecule has 1 atom stereocenters. The van der Waals surface area contributed by atoms with E-state index in [1.165, 1.54) is 6.07 Å². The first-order valence-corrected chi connectivity index (χ1v) is 13.5. The molecule has 41 heavy (non-hydrogen) atoms. The van der Waals surface area contributed by atoms with Crippen LogP contribution in [0.15, 0.2) is 76.0 Å². The lowest BCUT2D eigenvalue weighted by Gasteiger charge is -2.44. The summed E-state index contributed by atoms with van der Waals surface area (Å²) in [5.74, 6) is 0.762. The Hall–Kier alpha value is -4.57. The molecule has 0 bridgehead atoms. The number of nitrogens with zero attached hydrogens (tertiary/aromatic N) is 5. The van der Waals surface area contributed by atoms with Crippen LogP contribution in [0.4, 0.5) is 4.39 Å². The van der Waals surface area contributed by atoms with Crippen LogP contribution in [0.25, 0.3) is 28.1 Å². The minimum absolute atomic E-state index is 0.0209. The zero-order valence-corrected chi connectivity index (χ0v) is 23.3. The van der Waals surface area contributed by atoms with Gasteiger partial charge in [-0.15, -0.1) is 0 Å². The summed E-state index contributed by atoms with van der Waals surface area (Å²) in [6.45, 7) is 7.71. The van der Waals surface area contributed by atoms with Crippen LogP contribution in [0, 0.1) is 5.82 Å². The highest BCUT2D eigenvalue weighted by atomic mass is 19.1. The van der Waals surface area contributed by atoms with E-state index in [-0.39, 0.29) is 18.5 Å². The third kappa shape index (κ3) is 5.97. The quantitative estimate of drug-likeness (QED) is 0.285. The fraction of sp³-hybridized carbons (Fsp3) is 0.290. The molecule has 0 saturated carbocycles. The lowest BCUT2D eigenvalue weighted by atomic mass is 9.97. The minimum Gasteiger partial charge on any atom is -0.833 e. The maximum absolute atomic E-state index is 15.6. The topological polar surface area (TPSA) is 123 Å². The molecule has 9 nitrogen and oxygen atoms in total. The number of aromatic nitrogens is 3. The van der Waals surface area contributed by atoms with Gasteiger partial charge < -0.3 is 24.4 Å². The van der Waals surface area contributed by atoms with Crippen molar-refractivity contribution in [2.45, 2.75) is 59.4 Å². The van der Waals surface area contributed by atoms with Gasteiger partial charge in [0.1, 0.15) is 11.7 Å². The highest BCUT2D eigenvalue weighted by Gasteiger charge is 2.26. The van der Waals surface area contributed by atoms with Crippen molar-refractivity contribution >= 4 is 11.4 Å². The predicted octanol–water partition coefficient (Wildman–Crippen LogP) is 4.93. The molecule has 3 heterocycles. The van der Waals surface area contributed by atoms with Crippen molar-refractivity contribution in [2.75, 3.05) is 0 Å². The van der Waals surface area contributed by atoms with E-state index in [9.17, 15) is 10.2 Å². The second-order valence-corrected chi connectivity index (χ2v) is 10.0. The summed E-state index contributed by atoms with van der Waals surface area (Å²) in [7, 11) is 0. The van der Waals surface area contributed by atoms with Crippen molar-refractivity contribution < 1.29 is 23.9 Å². The molecule has 2 aromatic carbocycles. The van der Waals surface area contributed by atoms with E-state index >= 15 is 4.39 Å². The largest absolute Gasteiger partial charge is 0.833 e. The third-order valence-electron chi connectivity index (χ3n) is 6.71. The van der Waals surface area contributed by atoms with Crippen molar-refractivity contribution in [1.82, 2.24) is 20.0 Å². The summed E-state index contributed by atoms with van der Waals surface area (Å²) in [4.78, 5) is 14.5. The Labute approximate surface area is 237 Å². The number of pyridine rings is 1. The lowest BCUT2D eigenvalue weighted by molar-refractivity contribution is -0.429. The van der Waals surface area contributed by atoms with Crippen LogP contribution in [0.5, 0.6) is 12.0 Å². The van der Waals surface area contributed by atoms with Gasteiger partial charge in [-0.1, -0.05) is 43.3 Å². The van der Waals surface area contributed by atoms with Gasteiger partial charge in [0, 0.05) is 42.1 Å². The number of hydrogen-bond donors (Lipinski definition) is 0. The normalized spacial score (nSPS) is 15.4. The van der Waals surface area contributed by atoms with Crippen molar-refractivity contribution in [3.8, 4) is 34.5 Å². The number of halogens is 1. The number of aliphatic imine (C=N–C) groups is 1. The van der Waals surface area contributed by atoms with Crippen LogP contribution in [0.1, 0.15) is 51.7 Å². The molecule has 0 fully saturated rings. The summed E-state index contributed by atoms with van der Waals surface area (Å²) < 4.78 is 25.8. The molecule has 0 N–H and O–H groups in total. The zero-order chi connectivity index (χ0) is 29.1. The number of benzene rings is 2. The number of ether oxygens (including phenoxy) is 1. The summed E-state index contributed by atoms with van der Waals surface area (Å²) in [6, 6.07) is 15.5. The molecule has 1 aliphatic rings. The number of amidine groups is 1. The average Bonchev–Trinajstić information content (AvgIpc) is 3.38. The van der Waals surface area contributed by atoms with Gasteiger partial charge in [0.25, 0.3) is 0 Å². The standard InChI is InChI=1S/C31H31FN5O4/c1-5-8-26-34-19(4)28(21-13-14-27(33-16-21)40-18(2)3)30(38)37(26)17-22-12-11-20(15-25(22)32)23-9-6-7-10-24(23)29-35-31(39)41-36-29/h6-7,9-16,18,30H,5,8,17H2,1-4H3,(H,35,36,39)/q-1/p-1. The Kier molecular flexibility index (Phi) is 8.11. The molecule has 5 rings (SSSR count). The molecule has 10 heteroatoms. The Bertz CT molecular complexity index is 1600. The van der Waals surface area contributed by atoms with E-state index in [1.807, 2.05) is 27.7 Å². The summed E-state index contributed by atoms with van der Waals surface area (Å²) >= 11 is 0. The summed E-state index contributed by atoms with van der Waals surface area (Å²) in [5, 5.41) is 29.1. The highest BCUT2D eigenvalue weighted by molar-refractivity contribution is 5.90. The van der Waals surface area contributed by atoms with Gasteiger partial charge in [-0.3, -0.25) is 0 Å². The van der Waals surface area contributed by atoms with Gasteiger partial charge in [0.05, 0.1) is 6.10 Å². The lowest BCUT2D eigenvalue weighted by Crippen LogP contribution is -2.50. The van der Waals surface area contributed by atoms with Crippen LogP contribution in [-0.2, 0) is 6.54 Å². The van der Waals surface area contributed by atoms with Crippen LogP contribution in [-0.4, -0.2) is 38.2 Å². The van der Waals surface area contributed by atoms with Crippen LogP contribution >= 0.6 is 0 Å². The minimum atomic E-state index is -1.30. The molecule has 1 unspecified atom stereocenters. The van der Waals surface area contributed by atoms with Crippen LogP contribution < -0.4 is 14.9 Å². The molecule has 0 saturated heterocycles. The fourth-order valence-electron chi connectivity index (χ4n) is 4.86. The number of hydrogen-bond acceptors (Lipinski definition) is 9. The Balaban J connectivity index is 1.44. The molecule has 0 spiro atoms. The van der Waals surface area contributed by atoms with E-state index < -0.39 is 18.1 Å². The van der Waals surface area contributed by atoms with Crippen molar-refractivity contribution in [1.29, 1.82) is 0 Å². The summed E-state index contributed by atoms with van der Waals surface area (Å²) in [5.41, 5.74) is 3.89. The van der Waals surface area contributed by atoms with Gasteiger partial charge in [0.2, 0.25) is 5.88 Å². The molecule has 4 aromatic rings. The first kappa shape index (κ1) is 28.0. The molecule has 0 aliphatic carbocycles. The second kappa shape index (κ2) is 11.9. The zero-order valence-electron chi connectivity index (χ0n) is 23.3. The van der Waals surface area contributed by atoms with Crippen LogP contribution in [0.3, 0.4) is 0 Å². The van der Waals surface area contributed by atoms with E-state index in [4.69, 9.17) is 9.73 Å². The van der Waals surface area contributed by atoms with Gasteiger partial charge in [-0.05, 0) is 67.8 Å². The van der Waals surface area contributed by atoms with E-state index in [2.05, 4.69) is 19.6 Å². The first-order valence-electron chi connectivity index (χ1n) is 13.5. The van der Waals surface area contributed by atoms with E-state index in [0.717, 1.165) is 6.42 Å². The van der Waals surface area contributed by atoms with Gasteiger partial charge in [-0.25, -0.2) is 19.4 Å². The average molecular weight is 556 g/mol. The molecule has 0 radical (unpaired) electrons. The van der Waals surface area contributed by atoms with Crippen LogP contribution in [0.2, 0.25) is 0 Å². The maximum atomic E-state index is 15.6.